The van der Waals surface area contributed by atoms with Crippen molar-refractivity contribution in [1.82, 2.24) is 19.4 Å². The van der Waals surface area contributed by atoms with Crippen LogP contribution in [0.4, 0.5) is 0 Å². The van der Waals surface area contributed by atoms with Gasteiger partial charge in [0.15, 0.2) is 0 Å². The van der Waals surface area contributed by atoms with E-state index in [0.717, 1.165) is 37.4 Å². The van der Waals surface area contributed by atoms with Crippen molar-refractivity contribution in [2.24, 2.45) is 5.92 Å². The van der Waals surface area contributed by atoms with E-state index in [4.69, 9.17) is 9.72 Å². The highest BCUT2D eigenvalue weighted by molar-refractivity contribution is 5.81. The van der Waals surface area contributed by atoms with Gasteiger partial charge in [0, 0.05) is 31.6 Å². The van der Waals surface area contributed by atoms with Crippen LogP contribution in [0.5, 0.6) is 5.75 Å². The van der Waals surface area contributed by atoms with Crippen LogP contribution in [0.15, 0.2) is 53.3 Å². The number of carbonyl (C=O) groups is 1. The summed E-state index contributed by atoms with van der Waals surface area (Å²) in [5.74, 6) is 2.02. The lowest BCUT2D eigenvalue weighted by Crippen LogP contribution is -2.55. The summed E-state index contributed by atoms with van der Waals surface area (Å²) in [5, 5.41) is 0.598. The van der Waals surface area contributed by atoms with Gasteiger partial charge in [-0.25, -0.2) is 4.98 Å². The van der Waals surface area contributed by atoms with Crippen molar-refractivity contribution >= 4 is 16.8 Å². The Morgan fingerprint density at radius 3 is 2.53 bits per heavy atom. The Morgan fingerprint density at radius 2 is 1.85 bits per heavy atom. The number of hydrogen-bond donors (Lipinski definition) is 0. The molecule has 0 spiro atoms. The molecular weight excluding hydrogens is 428 g/mol. The number of fused-ring (bicyclic) bond motifs is 1. The van der Waals surface area contributed by atoms with Crippen LogP contribution in [0, 0.1) is 5.92 Å². The normalized spacial score (nSPS) is 19.9. The fraction of sp³-hybridized carbons (Fsp3) is 0.444. The van der Waals surface area contributed by atoms with Crippen LogP contribution in [0.1, 0.15) is 45.5 Å². The van der Waals surface area contributed by atoms with Gasteiger partial charge >= 0.3 is 0 Å². The predicted molar refractivity (Wildman–Crippen MR) is 132 cm³/mol. The number of carbonyl (C=O) groups excluding carboxylic acids is 1. The minimum absolute atomic E-state index is 0.0767. The van der Waals surface area contributed by atoms with Gasteiger partial charge in [-0.05, 0) is 70.0 Å². The summed E-state index contributed by atoms with van der Waals surface area (Å²) in [7, 11) is 0. The molecule has 3 aromatic rings. The van der Waals surface area contributed by atoms with Gasteiger partial charge in [0.25, 0.3) is 5.56 Å². The average Bonchev–Trinajstić information content (AvgIpc) is 3.70. The fourth-order valence-corrected chi connectivity index (χ4v) is 4.93. The highest BCUT2D eigenvalue weighted by Crippen LogP contribution is 2.33. The largest absolute Gasteiger partial charge is 0.494 e. The third kappa shape index (κ3) is 4.20. The van der Waals surface area contributed by atoms with E-state index < -0.39 is 0 Å². The smallest absolute Gasteiger partial charge is 0.266 e. The molecule has 2 unspecified atom stereocenters. The number of ether oxygens (including phenoxy) is 1. The molecule has 1 aromatic heterocycles. The minimum atomic E-state index is -0.0931. The quantitative estimate of drug-likeness (QED) is 0.560. The molecule has 0 bridgehead atoms. The molecule has 2 fully saturated rings. The minimum Gasteiger partial charge on any atom is -0.494 e. The first-order valence-electron chi connectivity index (χ1n) is 12.3. The second-order valence-electron chi connectivity index (χ2n) is 9.38. The molecule has 2 atom stereocenters. The van der Waals surface area contributed by atoms with Crippen molar-refractivity contribution < 1.29 is 9.53 Å². The zero-order chi connectivity index (χ0) is 23.8. The molecule has 34 heavy (non-hydrogen) atoms. The maximum atomic E-state index is 13.7. The maximum Gasteiger partial charge on any atom is 0.266 e. The molecule has 2 aliphatic rings. The van der Waals surface area contributed by atoms with Gasteiger partial charge < -0.3 is 9.64 Å². The number of aromatic nitrogens is 2. The number of nitrogens with zero attached hydrogens (tertiary/aromatic N) is 4. The van der Waals surface area contributed by atoms with Gasteiger partial charge in [-0.1, -0.05) is 12.1 Å². The van der Waals surface area contributed by atoms with Crippen LogP contribution in [-0.4, -0.2) is 57.5 Å². The highest BCUT2D eigenvalue weighted by Gasteiger charge is 2.38. The lowest BCUT2D eigenvalue weighted by atomic mass is 10.1. The van der Waals surface area contributed by atoms with Crippen molar-refractivity contribution in [2.45, 2.75) is 45.7 Å². The zero-order valence-corrected chi connectivity index (χ0v) is 20.1. The second-order valence-corrected chi connectivity index (χ2v) is 9.38. The first-order chi connectivity index (χ1) is 16.5. The van der Waals surface area contributed by atoms with Crippen LogP contribution in [0.3, 0.4) is 0 Å². The Bertz CT molecular complexity index is 1250. The van der Waals surface area contributed by atoms with Crippen LogP contribution in [0.25, 0.3) is 16.6 Å². The van der Waals surface area contributed by atoms with Gasteiger partial charge in [-0.3, -0.25) is 19.1 Å². The van der Waals surface area contributed by atoms with Crippen LogP contribution >= 0.6 is 0 Å². The molecule has 0 radical (unpaired) electrons. The molecule has 1 aliphatic heterocycles. The fourth-order valence-electron chi connectivity index (χ4n) is 4.93. The van der Waals surface area contributed by atoms with Crippen molar-refractivity contribution in [3.05, 3.63) is 64.7 Å². The van der Waals surface area contributed by atoms with E-state index in [1.165, 1.54) is 0 Å². The Hall–Kier alpha value is -3.19. The van der Waals surface area contributed by atoms with Crippen LogP contribution < -0.4 is 10.3 Å². The van der Waals surface area contributed by atoms with E-state index in [2.05, 4.69) is 18.7 Å². The summed E-state index contributed by atoms with van der Waals surface area (Å²) in [5.41, 5.74) is 1.39. The Morgan fingerprint density at radius 1 is 1.12 bits per heavy atom. The third-order valence-electron chi connectivity index (χ3n) is 7.00. The van der Waals surface area contributed by atoms with Gasteiger partial charge in [0.2, 0.25) is 5.91 Å². The van der Waals surface area contributed by atoms with Gasteiger partial charge in [-0.2, -0.15) is 0 Å². The summed E-state index contributed by atoms with van der Waals surface area (Å²) in [6.07, 6.45) is 2.05. The molecule has 2 heterocycles. The van der Waals surface area contributed by atoms with E-state index >= 15 is 0 Å². The molecule has 0 N–H and O–H groups in total. The number of rotatable bonds is 6. The first-order valence-corrected chi connectivity index (χ1v) is 12.3. The summed E-state index contributed by atoms with van der Waals surface area (Å²) >= 11 is 0. The van der Waals surface area contributed by atoms with E-state index in [9.17, 15) is 9.59 Å². The molecule has 1 saturated heterocycles. The van der Waals surface area contributed by atoms with Crippen molar-refractivity contribution in [3.8, 4) is 11.4 Å². The highest BCUT2D eigenvalue weighted by atomic mass is 16.5. The number of hydrogen-bond acceptors (Lipinski definition) is 5. The molecule has 7 nitrogen and oxygen atoms in total. The lowest BCUT2D eigenvalue weighted by Gasteiger charge is -2.42. The maximum absolute atomic E-state index is 13.7. The van der Waals surface area contributed by atoms with E-state index in [1.807, 2.05) is 60.4 Å². The van der Waals surface area contributed by atoms with Gasteiger partial charge in [0.1, 0.15) is 11.6 Å². The lowest BCUT2D eigenvalue weighted by molar-refractivity contribution is -0.137. The van der Waals surface area contributed by atoms with Crippen molar-refractivity contribution in [2.75, 3.05) is 26.2 Å². The second kappa shape index (κ2) is 9.22. The predicted octanol–water partition coefficient (Wildman–Crippen LogP) is 3.79. The Balaban J connectivity index is 1.51. The molecule has 1 amide bonds. The zero-order valence-electron chi connectivity index (χ0n) is 20.1. The topological polar surface area (TPSA) is 67.7 Å². The number of amides is 1. The monoisotopic (exact) mass is 460 g/mol. The van der Waals surface area contributed by atoms with Crippen molar-refractivity contribution in [1.29, 1.82) is 0 Å². The van der Waals surface area contributed by atoms with E-state index in [-0.39, 0.29) is 23.6 Å². The van der Waals surface area contributed by atoms with Gasteiger partial charge in [0.05, 0.1) is 29.2 Å². The van der Waals surface area contributed by atoms with Gasteiger partial charge in [-0.15, -0.1) is 0 Å². The molecule has 5 rings (SSSR count). The van der Waals surface area contributed by atoms with E-state index in [1.54, 1.807) is 4.57 Å². The summed E-state index contributed by atoms with van der Waals surface area (Å²) in [6.45, 7) is 8.99. The molecule has 2 aromatic carbocycles. The summed E-state index contributed by atoms with van der Waals surface area (Å²) in [6, 6.07) is 15.1. The Labute approximate surface area is 200 Å². The molecular formula is C27H32N4O3. The number of piperazine rings is 1. The standard InChI is InChI=1S/C27H32N4O3/c1-4-34-22-13-11-21(12-14-22)31-25(28-24-8-6-5-7-23(24)27(31)33)19(3)29-15-16-30(18(2)17-29)26(32)20-9-10-20/h5-8,11-14,18-20H,4,9-10,15-17H2,1-3H3. The molecule has 1 saturated carbocycles. The molecule has 7 heteroatoms. The molecule has 1 aliphatic carbocycles. The van der Waals surface area contributed by atoms with Crippen LogP contribution in [-0.2, 0) is 4.79 Å². The number of para-hydroxylation sites is 1. The van der Waals surface area contributed by atoms with Crippen LogP contribution in [0.2, 0.25) is 0 Å². The van der Waals surface area contributed by atoms with E-state index in [0.29, 0.717) is 35.8 Å². The first kappa shape index (κ1) is 22.6. The third-order valence-corrected chi connectivity index (χ3v) is 7.00. The molecule has 178 valence electrons. The number of benzene rings is 2. The SMILES string of the molecule is CCOc1ccc(-n2c(C(C)N3CCN(C(=O)C4CC4)C(C)C3)nc3ccccc3c2=O)cc1. The average molecular weight is 461 g/mol. The Kier molecular flexibility index (Phi) is 6.13. The summed E-state index contributed by atoms with van der Waals surface area (Å²) < 4.78 is 7.32. The van der Waals surface area contributed by atoms with Crippen molar-refractivity contribution in [3.63, 3.8) is 0 Å². The summed E-state index contributed by atoms with van der Waals surface area (Å²) in [4.78, 5) is 35.7.